The van der Waals surface area contributed by atoms with E-state index in [-0.39, 0.29) is 5.02 Å². The Bertz CT molecular complexity index is 566. The Kier molecular flexibility index (Phi) is 3.45. The Balaban J connectivity index is 2.57. The molecule has 0 bridgehead atoms. The number of anilines is 1. The summed E-state index contributed by atoms with van der Waals surface area (Å²) in [6, 6.07) is 1.81. The van der Waals surface area contributed by atoms with E-state index in [0.29, 0.717) is 15.4 Å². The largest absolute Gasteiger partial charge is 0.418 e. The number of nitrogens with zero attached hydrogens (tertiary/aromatic N) is 2. The van der Waals surface area contributed by atoms with Crippen LogP contribution in [0.3, 0.4) is 0 Å². The van der Waals surface area contributed by atoms with Crippen LogP contribution in [0.1, 0.15) is 5.56 Å². The normalized spacial score (nSPS) is 20.3. The minimum atomic E-state index is -4.74. The molecule has 0 saturated carbocycles. The number of rotatable bonds is 1. The number of carbonyl (C=O) groups excluding carboxylic acids is 1. The van der Waals surface area contributed by atoms with Gasteiger partial charge in [-0.1, -0.05) is 11.6 Å². The van der Waals surface area contributed by atoms with Crippen molar-refractivity contribution in [1.29, 1.82) is 0 Å². The second-order valence-corrected chi connectivity index (χ2v) is 4.91. The van der Waals surface area contributed by atoms with E-state index in [4.69, 9.17) is 11.6 Å². The highest BCUT2D eigenvalue weighted by Crippen LogP contribution is 2.40. The number of benzene rings is 1. The first-order valence-electron chi connectivity index (χ1n) is 4.76. The molecule has 0 aliphatic carbocycles. The van der Waals surface area contributed by atoms with Crippen molar-refractivity contribution in [2.24, 2.45) is 0 Å². The van der Waals surface area contributed by atoms with Crippen molar-refractivity contribution in [3.8, 4) is 0 Å². The fourth-order valence-electron chi connectivity index (χ4n) is 1.45. The average Bonchev–Trinajstić information content (AvgIpc) is 2.53. The van der Waals surface area contributed by atoms with Crippen molar-refractivity contribution in [1.82, 2.24) is 5.06 Å². The van der Waals surface area contributed by atoms with Crippen LogP contribution in [0.25, 0.3) is 0 Å². The van der Waals surface area contributed by atoms with Gasteiger partial charge in [0.2, 0.25) is 0 Å². The molecule has 5 nitrogen and oxygen atoms in total. The summed E-state index contributed by atoms with van der Waals surface area (Å²) in [7, 11) is 1.14. The van der Waals surface area contributed by atoms with Crippen LogP contribution < -0.4 is 4.31 Å². The smallest absolute Gasteiger partial charge is 0.244 e. The molecule has 0 aromatic heterocycles. The van der Waals surface area contributed by atoms with Crippen molar-refractivity contribution < 1.29 is 26.5 Å². The van der Waals surface area contributed by atoms with Gasteiger partial charge in [-0.2, -0.15) is 22.5 Å². The molecule has 1 atom stereocenters. The Morgan fingerprint density at radius 3 is 2.47 bits per heavy atom. The number of carbonyl (C=O) groups is 1. The Labute approximate surface area is 113 Å². The Hall–Kier alpha value is -1.32. The van der Waals surface area contributed by atoms with Crippen LogP contribution in [0.5, 0.6) is 0 Å². The molecule has 1 aromatic carbocycles. The Morgan fingerprint density at radius 2 is 2.00 bits per heavy atom. The van der Waals surface area contributed by atoms with Gasteiger partial charge in [0.15, 0.2) is 0 Å². The molecule has 19 heavy (non-hydrogen) atoms. The van der Waals surface area contributed by atoms with E-state index >= 15 is 0 Å². The summed E-state index contributed by atoms with van der Waals surface area (Å²) in [5, 5.41) is 0.438. The summed E-state index contributed by atoms with van der Waals surface area (Å²) in [5.41, 5.74) is -1.75. The van der Waals surface area contributed by atoms with Gasteiger partial charge in [0, 0.05) is 12.1 Å². The maximum Gasteiger partial charge on any atom is 0.418 e. The van der Waals surface area contributed by atoms with Crippen molar-refractivity contribution in [3.05, 3.63) is 28.8 Å². The molecule has 2 amide bonds. The average molecular weight is 315 g/mol. The molecule has 1 aliphatic heterocycles. The van der Waals surface area contributed by atoms with Crippen LogP contribution in [0.4, 0.5) is 23.7 Å². The highest BCUT2D eigenvalue weighted by atomic mass is 35.5. The second kappa shape index (κ2) is 4.66. The summed E-state index contributed by atoms with van der Waals surface area (Å²) in [5.74, 6) is 0. The number of amides is 2. The predicted octanol–water partition coefficient (Wildman–Crippen LogP) is 2.74. The summed E-state index contributed by atoms with van der Waals surface area (Å²) >= 11 is 3.15. The Morgan fingerprint density at radius 1 is 1.37 bits per heavy atom. The minimum absolute atomic E-state index is 0.150. The van der Waals surface area contributed by atoms with Crippen molar-refractivity contribution in [2.45, 2.75) is 6.18 Å². The molecular weight excluding hydrogens is 309 g/mol. The molecule has 104 valence electrons. The lowest BCUT2D eigenvalue weighted by Crippen LogP contribution is -2.31. The molecule has 2 rings (SSSR count). The zero-order valence-electron chi connectivity index (χ0n) is 9.27. The molecule has 1 heterocycles. The van der Waals surface area contributed by atoms with Crippen LogP contribution in [0, 0.1) is 0 Å². The van der Waals surface area contributed by atoms with E-state index in [2.05, 4.69) is 4.28 Å². The second-order valence-electron chi connectivity index (χ2n) is 3.53. The third-order valence-electron chi connectivity index (χ3n) is 2.25. The molecule has 1 saturated heterocycles. The third-order valence-corrected chi connectivity index (χ3v) is 3.49. The SMILES string of the molecule is CN1OS(=O)N(c2ccc(Cl)cc2C(F)(F)F)C1=O. The van der Waals surface area contributed by atoms with Gasteiger partial charge in [-0.05, 0) is 18.2 Å². The summed E-state index contributed by atoms with van der Waals surface area (Å²) in [6.45, 7) is 0. The number of hydrogen-bond donors (Lipinski definition) is 0. The van der Waals surface area contributed by atoms with Crippen LogP contribution in [0.2, 0.25) is 5.02 Å². The topological polar surface area (TPSA) is 49.9 Å². The summed E-state index contributed by atoms with van der Waals surface area (Å²) in [6.07, 6.45) is -4.74. The third kappa shape index (κ3) is 2.53. The molecule has 0 N–H and O–H groups in total. The van der Waals surface area contributed by atoms with E-state index in [1.54, 1.807) is 0 Å². The molecular formula is C9H6ClF3N2O3S. The predicted molar refractivity (Wildman–Crippen MR) is 61.3 cm³/mol. The van der Waals surface area contributed by atoms with E-state index in [1.165, 1.54) is 0 Å². The number of urea groups is 1. The van der Waals surface area contributed by atoms with Gasteiger partial charge in [-0.15, -0.1) is 4.28 Å². The number of hydrogen-bond acceptors (Lipinski definition) is 3. The van der Waals surface area contributed by atoms with E-state index in [9.17, 15) is 22.2 Å². The van der Waals surface area contributed by atoms with E-state index in [1.807, 2.05) is 0 Å². The zero-order valence-corrected chi connectivity index (χ0v) is 10.8. The lowest BCUT2D eigenvalue weighted by Gasteiger charge is -2.17. The van der Waals surface area contributed by atoms with E-state index in [0.717, 1.165) is 19.2 Å². The zero-order chi connectivity index (χ0) is 14.4. The number of hydroxylamine groups is 2. The van der Waals surface area contributed by atoms with Gasteiger partial charge >= 0.3 is 12.2 Å². The first-order valence-corrected chi connectivity index (χ1v) is 6.17. The van der Waals surface area contributed by atoms with Crippen molar-refractivity contribution in [2.75, 3.05) is 11.4 Å². The number of alkyl halides is 3. The van der Waals surface area contributed by atoms with Crippen molar-refractivity contribution in [3.63, 3.8) is 0 Å². The molecule has 1 unspecified atom stereocenters. The van der Waals surface area contributed by atoms with E-state index < -0.39 is 34.7 Å². The van der Waals surface area contributed by atoms with Gasteiger partial charge in [0.05, 0.1) is 11.3 Å². The fourth-order valence-corrected chi connectivity index (χ4v) is 2.50. The van der Waals surface area contributed by atoms with Crippen LogP contribution in [0.15, 0.2) is 18.2 Å². The maximum absolute atomic E-state index is 12.9. The van der Waals surface area contributed by atoms with Crippen molar-refractivity contribution >= 4 is 34.6 Å². The standard InChI is InChI=1S/C9H6ClF3N2O3S/c1-14-8(16)15(19(17)18-14)7-3-2-5(10)4-6(7)9(11,12)13/h2-4H,1H3. The lowest BCUT2D eigenvalue weighted by atomic mass is 10.1. The molecule has 1 aliphatic rings. The summed E-state index contributed by atoms with van der Waals surface area (Å²) < 4.78 is 55.1. The maximum atomic E-state index is 12.9. The first kappa shape index (κ1) is 14.1. The van der Waals surface area contributed by atoms with Crippen LogP contribution in [-0.4, -0.2) is 22.4 Å². The van der Waals surface area contributed by atoms with Gasteiger partial charge in [0.25, 0.3) is 11.3 Å². The monoisotopic (exact) mass is 314 g/mol. The molecule has 0 radical (unpaired) electrons. The molecule has 1 aromatic rings. The molecule has 10 heteroatoms. The number of halogens is 4. The minimum Gasteiger partial charge on any atom is -0.244 e. The quantitative estimate of drug-likeness (QED) is 0.801. The highest BCUT2D eigenvalue weighted by Gasteiger charge is 2.42. The first-order chi connectivity index (χ1) is 8.71. The van der Waals surface area contributed by atoms with Crippen LogP contribution >= 0.6 is 11.6 Å². The van der Waals surface area contributed by atoms with Gasteiger partial charge in [-0.3, -0.25) is 0 Å². The van der Waals surface area contributed by atoms with Crippen LogP contribution in [-0.2, 0) is 21.7 Å². The lowest BCUT2D eigenvalue weighted by molar-refractivity contribution is -0.137. The highest BCUT2D eigenvalue weighted by molar-refractivity contribution is 7.83. The molecule has 1 fully saturated rings. The molecule has 0 spiro atoms. The van der Waals surface area contributed by atoms with Gasteiger partial charge in [0.1, 0.15) is 0 Å². The summed E-state index contributed by atoms with van der Waals surface area (Å²) in [4.78, 5) is 11.6. The van der Waals surface area contributed by atoms with Gasteiger partial charge in [-0.25, -0.2) is 9.00 Å². The fraction of sp³-hybridized carbons (Fsp3) is 0.222. The van der Waals surface area contributed by atoms with Gasteiger partial charge < -0.3 is 0 Å².